The molecule has 0 bridgehead atoms. The maximum Gasteiger partial charge on any atom is 0.341 e. The lowest BCUT2D eigenvalue weighted by molar-refractivity contribution is -0.113. The van der Waals surface area contributed by atoms with Gasteiger partial charge in [0.2, 0.25) is 11.1 Å². The van der Waals surface area contributed by atoms with Crippen LogP contribution in [-0.2, 0) is 22.4 Å². The number of nitrogens with one attached hydrogen (secondary N) is 1. The first-order valence-corrected chi connectivity index (χ1v) is 10.9. The SMILES string of the molecule is COC(=O)c1c(NC(=O)CSc2nnnn2-c2ccccc2C)sc2c1CCC2. The van der Waals surface area contributed by atoms with Gasteiger partial charge in [-0.25, -0.2) is 4.79 Å². The Bertz CT molecular complexity index is 1080. The molecule has 2 aromatic heterocycles. The van der Waals surface area contributed by atoms with Gasteiger partial charge in [0.25, 0.3) is 0 Å². The first-order chi connectivity index (χ1) is 14.1. The second-order valence-corrected chi connectivity index (χ2v) is 8.60. The van der Waals surface area contributed by atoms with E-state index in [-0.39, 0.29) is 11.7 Å². The van der Waals surface area contributed by atoms with Crippen molar-refractivity contribution in [3.63, 3.8) is 0 Å². The van der Waals surface area contributed by atoms with Crippen LogP contribution in [0.5, 0.6) is 0 Å². The number of benzene rings is 1. The number of hydrogen-bond donors (Lipinski definition) is 1. The zero-order valence-corrected chi connectivity index (χ0v) is 17.6. The van der Waals surface area contributed by atoms with Gasteiger partial charge in [0.15, 0.2) is 0 Å². The number of fused-ring (bicyclic) bond motifs is 1. The van der Waals surface area contributed by atoms with E-state index in [0.29, 0.717) is 15.7 Å². The van der Waals surface area contributed by atoms with E-state index in [0.717, 1.165) is 41.0 Å². The summed E-state index contributed by atoms with van der Waals surface area (Å²) in [4.78, 5) is 25.9. The van der Waals surface area contributed by atoms with Gasteiger partial charge in [0.05, 0.1) is 24.1 Å². The standard InChI is InChI=1S/C19H19N5O3S2/c1-11-6-3-4-8-13(11)24-19(21-22-23-24)28-10-15(25)20-17-16(18(26)27-2)12-7-5-9-14(12)29-17/h3-4,6,8H,5,7,9-10H2,1-2H3,(H,20,25). The van der Waals surface area contributed by atoms with Crippen LogP contribution >= 0.6 is 23.1 Å². The summed E-state index contributed by atoms with van der Waals surface area (Å²) in [5, 5.41) is 15.7. The Hall–Kier alpha value is -2.72. The predicted molar refractivity (Wildman–Crippen MR) is 111 cm³/mol. The molecule has 1 amide bonds. The highest BCUT2D eigenvalue weighted by molar-refractivity contribution is 7.99. The number of nitrogens with zero attached hydrogens (tertiary/aromatic N) is 4. The Morgan fingerprint density at radius 1 is 1.31 bits per heavy atom. The van der Waals surface area contributed by atoms with E-state index < -0.39 is 5.97 Å². The third-order valence-corrected chi connectivity index (χ3v) is 6.81. The van der Waals surface area contributed by atoms with E-state index in [1.54, 1.807) is 4.68 Å². The molecule has 1 aromatic carbocycles. The first kappa shape index (κ1) is 19.6. The number of amides is 1. The van der Waals surface area contributed by atoms with E-state index in [1.165, 1.54) is 30.2 Å². The molecule has 1 N–H and O–H groups in total. The number of anilines is 1. The number of esters is 1. The summed E-state index contributed by atoms with van der Waals surface area (Å²) in [6, 6.07) is 7.75. The molecule has 10 heteroatoms. The summed E-state index contributed by atoms with van der Waals surface area (Å²) >= 11 is 2.70. The molecule has 1 aliphatic carbocycles. The van der Waals surface area contributed by atoms with E-state index in [1.807, 2.05) is 31.2 Å². The van der Waals surface area contributed by atoms with Gasteiger partial charge in [-0.05, 0) is 53.8 Å². The van der Waals surface area contributed by atoms with Gasteiger partial charge in [0, 0.05) is 4.88 Å². The van der Waals surface area contributed by atoms with Gasteiger partial charge in [-0.3, -0.25) is 4.79 Å². The van der Waals surface area contributed by atoms with Crippen molar-refractivity contribution in [1.82, 2.24) is 20.2 Å². The van der Waals surface area contributed by atoms with Crippen LogP contribution in [0.3, 0.4) is 0 Å². The van der Waals surface area contributed by atoms with Crippen LogP contribution in [0.15, 0.2) is 29.4 Å². The minimum absolute atomic E-state index is 0.120. The van der Waals surface area contributed by atoms with Crippen LogP contribution in [0.25, 0.3) is 5.69 Å². The number of methoxy groups -OCH3 is 1. The number of para-hydroxylation sites is 1. The second-order valence-electron chi connectivity index (χ2n) is 6.55. The van der Waals surface area contributed by atoms with Crippen molar-refractivity contribution in [3.05, 3.63) is 45.8 Å². The number of tetrazole rings is 1. The molecular weight excluding hydrogens is 410 g/mol. The number of rotatable bonds is 6. The van der Waals surface area contributed by atoms with Gasteiger partial charge in [-0.2, -0.15) is 4.68 Å². The van der Waals surface area contributed by atoms with Gasteiger partial charge in [0.1, 0.15) is 5.00 Å². The maximum absolute atomic E-state index is 12.6. The largest absolute Gasteiger partial charge is 0.465 e. The van der Waals surface area contributed by atoms with Gasteiger partial charge >= 0.3 is 5.97 Å². The number of carbonyl (C=O) groups is 2. The number of aromatic nitrogens is 4. The monoisotopic (exact) mass is 429 g/mol. The summed E-state index contributed by atoms with van der Waals surface area (Å²) in [6.45, 7) is 1.97. The Morgan fingerprint density at radius 2 is 2.14 bits per heavy atom. The van der Waals surface area contributed by atoms with Crippen molar-refractivity contribution < 1.29 is 14.3 Å². The van der Waals surface area contributed by atoms with Crippen LogP contribution in [0, 0.1) is 6.92 Å². The van der Waals surface area contributed by atoms with Crippen molar-refractivity contribution in [2.75, 3.05) is 18.2 Å². The summed E-state index contributed by atoms with van der Waals surface area (Å²) in [6.07, 6.45) is 2.79. The molecule has 0 aliphatic heterocycles. The number of aryl methyl sites for hydroxylation is 2. The van der Waals surface area contributed by atoms with Crippen molar-refractivity contribution in [2.24, 2.45) is 0 Å². The van der Waals surface area contributed by atoms with Crippen LogP contribution in [0.2, 0.25) is 0 Å². The molecule has 0 fully saturated rings. The molecule has 0 radical (unpaired) electrons. The normalized spacial score (nSPS) is 12.6. The fraction of sp³-hybridized carbons (Fsp3) is 0.316. The Morgan fingerprint density at radius 3 is 2.93 bits per heavy atom. The second kappa shape index (κ2) is 8.34. The summed E-state index contributed by atoms with van der Waals surface area (Å²) in [5.74, 6) is -0.509. The Labute approximate surface area is 175 Å². The lowest BCUT2D eigenvalue weighted by atomic mass is 10.1. The number of thioether (sulfide) groups is 1. The average Bonchev–Trinajstić information content (AvgIpc) is 3.42. The molecule has 0 spiro atoms. The lowest BCUT2D eigenvalue weighted by Crippen LogP contribution is -2.16. The quantitative estimate of drug-likeness (QED) is 0.475. The molecule has 0 unspecified atom stereocenters. The van der Waals surface area contributed by atoms with Crippen molar-refractivity contribution >= 4 is 40.0 Å². The maximum atomic E-state index is 12.6. The van der Waals surface area contributed by atoms with Crippen LogP contribution in [0.1, 0.15) is 32.8 Å². The molecule has 0 saturated carbocycles. The zero-order chi connectivity index (χ0) is 20.4. The summed E-state index contributed by atoms with van der Waals surface area (Å²) in [5.41, 5.74) is 3.39. The smallest absolute Gasteiger partial charge is 0.341 e. The topological polar surface area (TPSA) is 99.0 Å². The molecule has 1 aliphatic rings. The molecule has 3 aromatic rings. The Balaban J connectivity index is 1.47. The summed E-state index contributed by atoms with van der Waals surface area (Å²) < 4.78 is 6.54. The van der Waals surface area contributed by atoms with E-state index in [2.05, 4.69) is 20.8 Å². The van der Waals surface area contributed by atoms with E-state index >= 15 is 0 Å². The van der Waals surface area contributed by atoms with Gasteiger partial charge in [-0.15, -0.1) is 16.4 Å². The zero-order valence-electron chi connectivity index (χ0n) is 16.0. The highest BCUT2D eigenvalue weighted by Gasteiger charge is 2.28. The molecule has 0 atom stereocenters. The minimum atomic E-state index is -0.407. The highest BCUT2D eigenvalue weighted by Crippen LogP contribution is 2.39. The first-order valence-electron chi connectivity index (χ1n) is 9.08. The molecule has 0 saturated heterocycles. The Kier molecular flexibility index (Phi) is 5.63. The van der Waals surface area contributed by atoms with Crippen molar-refractivity contribution in [2.45, 2.75) is 31.3 Å². The fourth-order valence-corrected chi connectivity index (χ4v) is 5.30. The molecular formula is C19H19N5O3S2. The third kappa shape index (κ3) is 3.90. The summed E-state index contributed by atoms with van der Waals surface area (Å²) in [7, 11) is 1.36. The number of hydrogen-bond acceptors (Lipinski definition) is 8. The van der Waals surface area contributed by atoms with E-state index in [4.69, 9.17) is 4.74 Å². The van der Waals surface area contributed by atoms with Crippen molar-refractivity contribution in [1.29, 1.82) is 0 Å². The fourth-order valence-electron chi connectivity index (χ4n) is 3.32. The molecule has 150 valence electrons. The molecule has 8 nitrogen and oxygen atoms in total. The van der Waals surface area contributed by atoms with Crippen LogP contribution in [-0.4, -0.2) is 44.9 Å². The van der Waals surface area contributed by atoms with E-state index in [9.17, 15) is 9.59 Å². The third-order valence-electron chi connectivity index (χ3n) is 4.68. The number of carbonyl (C=O) groups excluding carboxylic acids is 2. The van der Waals surface area contributed by atoms with Crippen molar-refractivity contribution in [3.8, 4) is 5.69 Å². The van der Waals surface area contributed by atoms with Gasteiger partial charge in [-0.1, -0.05) is 30.0 Å². The number of ether oxygens (including phenoxy) is 1. The van der Waals surface area contributed by atoms with Crippen LogP contribution in [0.4, 0.5) is 5.00 Å². The molecule has 2 heterocycles. The molecule has 29 heavy (non-hydrogen) atoms. The average molecular weight is 430 g/mol. The lowest BCUT2D eigenvalue weighted by Gasteiger charge is -2.08. The predicted octanol–water partition coefficient (Wildman–Crippen LogP) is 3.04. The van der Waals surface area contributed by atoms with Gasteiger partial charge < -0.3 is 10.1 Å². The molecule has 4 rings (SSSR count). The number of thiophene rings is 1. The highest BCUT2D eigenvalue weighted by atomic mass is 32.2. The van der Waals surface area contributed by atoms with Crippen LogP contribution < -0.4 is 5.32 Å². The minimum Gasteiger partial charge on any atom is -0.465 e.